The molecule has 0 radical (unpaired) electrons. The van der Waals surface area contributed by atoms with Gasteiger partial charge in [-0.3, -0.25) is 4.79 Å². The minimum atomic E-state index is 0.150. The van der Waals surface area contributed by atoms with Gasteiger partial charge in [0.1, 0.15) is 0 Å². The van der Waals surface area contributed by atoms with Crippen molar-refractivity contribution in [3.8, 4) is 0 Å². The number of carbonyl (C=O) groups excluding carboxylic acids is 1. The van der Waals surface area contributed by atoms with Crippen molar-refractivity contribution < 1.29 is 4.79 Å². The molecule has 1 saturated heterocycles. The van der Waals surface area contributed by atoms with Gasteiger partial charge in [-0.25, -0.2) is 0 Å². The Morgan fingerprint density at radius 3 is 2.77 bits per heavy atom. The van der Waals surface area contributed by atoms with Crippen LogP contribution in [0.5, 0.6) is 0 Å². The van der Waals surface area contributed by atoms with Gasteiger partial charge >= 0.3 is 0 Å². The number of amides is 1. The zero-order valence-electron chi connectivity index (χ0n) is 8.01. The lowest BCUT2D eigenvalue weighted by atomic mass is 9.94. The van der Waals surface area contributed by atoms with Crippen LogP contribution in [0, 0.1) is 5.92 Å². The van der Waals surface area contributed by atoms with Gasteiger partial charge in [0.15, 0.2) is 0 Å². The van der Waals surface area contributed by atoms with E-state index in [4.69, 9.17) is 5.73 Å². The van der Waals surface area contributed by atoms with E-state index in [2.05, 4.69) is 10.6 Å². The molecule has 0 atom stereocenters. The first-order valence-electron chi connectivity index (χ1n) is 5.00. The highest BCUT2D eigenvalue weighted by Crippen LogP contribution is 2.15. The third-order valence-corrected chi connectivity index (χ3v) is 2.40. The average molecular weight is 185 g/mol. The van der Waals surface area contributed by atoms with Gasteiger partial charge in [0.05, 0.1) is 0 Å². The molecule has 0 aliphatic carbocycles. The molecule has 0 aromatic rings. The Bertz CT molecular complexity index is 155. The largest absolute Gasteiger partial charge is 0.355 e. The number of piperidine rings is 1. The number of carbonyl (C=O) groups is 1. The standard InChI is InChI=1S/C9H19N3O/c10-3-6-12-9(13)7-8-1-4-11-5-2-8/h8,11H,1-7,10H2,(H,12,13). The lowest BCUT2D eigenvalue weighted by Crippen LogP contribution is -2.34. The molecular formula is C9H19N3O. The van der Waals surface area contributed by atoms with Gasteiger partial charge in [0, 0.05) is 19.5 Å². The third kappa shape index (κ3) is 4.24. The average Bonchev–Trinajstić information content (AvgIpc) is 2.16. The Hall–Kier alpha value is -0.610. The Morgan fingerprint density at radius 2 is 2.15 bits per heavy atom. The van der Waals surface area contributed by atoms with Crippen LogP contribution in [-0.2, 0) is 4.79 Å². The van der Waals surface area contributed by atoms with Crippen molar-refractivity contribution in [2.75, 3.05) is 26.2 Å². The van der Waals surface area contributed by atoms with Crippen molar-refractivity contribution in [1.29, 1.82) is 0 Å². The zero-order valence-corrected chi connectivity index (χ0v) is 8.01. The van der Waals surface area contributed by atoms with Crippen molar-refractivity contribution in [3.05, 3.63) is 0 Å². The third-order valence-electron chi connectivity index (χ3n) is 2.40. The number of hydrogen-bond donors (Lipinski definition) is 3. The van der Waals surface area contributed by atoms with E-state index in [-0.39, 0.29) is 5.91 Å². The topological polar surface area (TPSA) is 67.1 Å². The molecule has 13 heavy (non-hydrogen) atoms. The maximum Gasteiger partial charge on any atom is 0.220 e. The highest BCUT2D eigenvalue weighted by molar-refractivity contribution is 5.76. The summed E-state index contributed by atoms with van der Waals surface area (Å²) in [7, 11) is 0. The van der Waals surface area contributed by atoms with E-state index in [1.54, 1.807) is 0 Å². The first-order chi connectivity index (χ1) is 6.33. The predicted octanol–water partition coefficient (Wildman–Crippen LogP) is -0.549. The molecule has 4 nitrogen and oxygen atoms in total. The van der Waals surface area contributed by atoms with E-state index in [0.29, 0.717) is 25.4 Å². The quantitative estimate of drug-likeness (QED) is 0.550. The summed E-state index contributed by atoms with van der Waals surface area (Å²) >= 11 is 0. The number of hydrogen-bond acceptors (Lipinski definition) is 3. The molecule has 1 rings (SSSR count). The molecule has 1 aliphatic heterocycles. The molecule has 1 fully saturated rings. The van der Waals surface area contributed by atoms with Crippen LogP contribution in [0.15, 0.2) is 0 Å². The van der Waals surface area contributed by atoms with Crippen LogP contribution in [0.4, 0.5) is 0 Å². The van der Waals surface area contributed by atoms with Gasteiger partial charge < -0.3 is 16.4 Å². The molecule has 4 N–H and O–H groups in total. The van der Waals surface area contributed by atoms with Gasteiger partial charge in [-0.05, 0) is 31.8 Å². The maximum absolute atomic E-state index is 11.3. The van der Waals surface area contributed by atoms with Crippen LogP contribution in [0.1, 0.15) is 19.3 Å². The predicted molar refractivity (Wildman–Crippen MR) is 52.3 cm³/mol. The fourth-order valence-electron chi connectivity index (χ4n) is 1.63. The van der Waals surface area contributed by atoms with Crippen molar-refractivity contribution in [1.82, 2.24) is 10.6 Å². The fraction of sp³-hybridized carbons (Fsp3) is 0.889. The van der Waals surface area contributed by atoms with Crippen LogP contribution in [0.25, 0.3) is 0 Å². The number of rotatable bonds is 4. The molecule has 0 spiro atoms. The first kappa shape index (κ1) is 10.5. The second kappa shape index (κ2) is 5.94. The Balaban J connectivity index is 2.11. The van der Waals surface area contributed by atoms with Gasteiger partial charge in [-0.15, -0.1) is 0 Å². The molecule has 0 bridgehead atoms. The summed E-state index contributed by atoms with van der Waals surface area (Å²) in [5, 5.41) is 6.07. The second-order valence-corrected chi connectivity index (χ2v) is 3.54. The summed E-state index contributed by atoms with van der Waals surface area (Å²) in [6.45, 7) is 3.23. The normalized spacial score (nSPS) is 18.5. The van der Waals surface area contributed by atoms with Crippen LogP contribution in [0.3, 0.4) is 0 Å². The summed E-state index contributed by atoms with van der Waals surface area (Å²) in [5.74, 6) is 0.719. The van der Waals surface area contributed by atoms with E-state index in [1.807, 2.05) is 0 Å². The van der Waals surface area contributed by atoms with E-state index in [1.165, 1.54) is 0 Å². The van der Waals surface area contributed by atoms with E-state index in [9.17, 15) is 4.79 Å². The Kier molecular flexibility index (Phi) is 4.78. The Morgan fingerprint density at radius 1 is 1.46 bits per heavy atom. The Labute approximate surface area is 79.3 Å². The second-order valence-electron chi connectivity index (χ2n) is 3.54. The maximum atomic E-state index is 11.3. The van der Waals surface area contributed by atoms with E-state index in [0.717, 1.165) is 25.9 Å². The van der Waals surface area contributed by atoms with Crippen molar-refractivity contribution in [2.45, 2.75) is 19.3 Å². The van der Waals surface area contributed by atoms with Gasteiger partial charge in [-0.1, -0.05) is 0 Å². The molecule has 0 saturated carbocycles. The highest BCUT2D eigenvalue weighted by Gasteiger charge is 2.15. The van der Waals surface area contributed by atoms with Crippen LogP contribution < -0.4 is 16.4 Å². The summed E-state index contributed by atoms with van der Waals surface area (Å²) in [6.07, 6.45) is 2.91. The summed E-state index contributed by atoms with van der Waals surface area (Å²) in [5.41, 5.74) is 5.29. The number of nitrogens with two attached hydrogens (primary N) is 1. The van der Waals surface area contributed by atoms with Gasteiger partial charge in [0.25, 0.3) is 0 Å². The minimum Gasteiger partial charge on any atom is -0.355 e. The number of nitrogens with one attached hydrogen (secondary N) is 2. The lowest BCUT2D eigenvalue weighted by Gasteiger charge is -2.21. The van der Waals surface area contributed by atoms with Crippen molar-refractivity contribution >= 4 is 5.91 Å². The van der Waals surface area contributed by atoms with E-state index >= 15 is 0 Å². The summed E-state index contributed by atoms with van der Waals surface area (Å²) < 4.78 is 0. The molecule has 0 unspecified atom stereocenters. The van der Waals surface area contributed by atoms with Gasteiger partial charge in [-0.2, -0.15) is 0 Å². The first-order valence-corrected chi connectivity index (χ1v) is 5.00. The van der Waals surface area contributed by atoms with Crippen molar-refractivity contribution in [2.24, 2.45) is 11.7 Å². The van der Waals surface area contributed by atoms with E-state index < -0.39 is 0 Å². The SMILES string of the molecule is NCCNC(=O)CC1CCNCC1. The van der Waals surface area contributed by atoms with Gasteiger partial charge in [0.2, 0.25) is 5.91 Å². The molecular weight excluding hydrogens is 166 g/mol. The molecule has 0 aromatic carbocycles. The van der Waals surface area contributed by atoms with Crippen LogP contribution in [0.2, 0.25) is 0 Å². The molecule has 4 heteroatoms. The summed E-state index contributed by atoms with van der Waals surface area (Å²) in [6, 6.07) is 0. The zero-order chi connectivity index (χ0) is 9.52. The molecule has 76 valence electrons. The molecule has 1 amide bonds. The van der Waals surface area contributed by atoms with Crippen molar-refractivity contribution in [3.63, 3.8) is 0 Å². The highest BCUT2D eigenvalue weighted by atomic mass is 16.1. The molecule has 0 aromatic heterocycles. The smallest absolute Gasteiger partial charge is 0.220 e. The monoisotopic (exact) mass is 185 g/mol. The molecule has 1 heterocycles. The lowest BCUT2D eigenvalue weighted by molar-refractivity contribution is -0.122. The van der Waals surface area contributed by atoms with Crippen LogP contribution >= 0.6 is 0 Å². The van der Waals surface area contributed by atoms with Crippen LogP contribution in [-0.4, -0.2) is 32.1 Å². The fourth-order valence-corrected chi connectivity index (χ4v) is 1.63. The summed E-state index contributed by atoms with van der Waals surface area (Å²) in [4.78, 5) is 11.3. The minimum absolute atomic E-state index is 0.150. The molecule has 1 aliphatic rings.